The number of amides is 2. The molecule has 0 aliphatic rings. The topological polar surface area (TPSA) is 111 Å². The highest BCUT2D eigenvalue weighted by Gasteiger charge is 2.28. The van der Waals surface area contributed by atoms with Crippen LogP contribution in [0.1, 0.15) is 31.1 Å². The number of hydrogen-bond donors (Lipinski definition) is 2. The molecule has 0 unspecified atom stereocenters. The van der Waals surface area contributed by atoms with Crippen molar-refractivity contribution >= 4 is 97.2 Å². The number of hydrogen-bond acceptors (Lipinski definition) is 6. The van der Waals surface area contributed by atoms with E-state index in [1.165, 1.54) is 20.8 Å². The van der Waals surface area contributed by atoms with Gasteiger partial charge in [-0.25, -0.2) is 4.79 Å². The van der Waals surface area contributed by atoms with E-state index in [2.05, 4.69) is 5.32 Å². The summed E-state index contributed by atoms with van der Waals surface area (Å²) in [5, 5.41) is 2.60. The summed E-state index contributed by atoms with van der Waals surface area (Å²) < 4.78 is 6.34. The highest BCUT2D eigenvalue weighted by atomic mass is 127. The van der Waals surface area contributed by atoms with E-state index in [-0.39, 0.29) is 17.2 Å². The maximum atomic E-state index is 12.3. The number of rotatable bonds is 3. The van der Waals surface area contributed by atoms with Crippen molar-refractivity contribution in [3.63, 3.8) is 0 Å². The van der Waals surface area contributed by atoms with Gasteiger partial charge >= 0.3 is 11.9 Å². The van der Waals surface area contributed by atoms with Crippen LogP contribution in [0.5, 0.6) is 5.75 Å². The summed E-state index contributed by atoms with van der Waals surface area (Å²) in [6.07, 6.45) is 0. The van der Waals surface area contributed by atoms with Crippen LogP contribution in [0, 0.1) is 10.7 Å². The van der Waals surface area contributed by atoms with Crippen molar-refractivity contribution in [3.8, 4) is 5.75 Å². The lowest BCUT2D eigenvalue weighted by molar-refractivity contribution is -0.132. The Hall–Kier alpha value is -0.710. The maximum Gasteiger partial charge on any atom is 0.365 e. The van der Waals surface area contributed by atoms with E-state index in [1.54, 1.807) is 0 Å². The molecule has 0 fully saturated rings. The third-order valence-electron chi connectivity index (χ3n) is 2.32. The van der Waals surface area contributed by atoms with Crippen molar-refractivity contribution in [2.75, 3.05) is 5.32 Å². The summed E-state index contributed by atoms with van der Waals surface area (Å²) in [5.74, 6) is -2.22. The highest BCUT2D eigenvalue weighted by Crippen LogP contribution is 2.40. The van der Waals surface area contributed by atoms with Crippen molar-refractivity contribution in [2.24, 2.45) is 0 Å². The van der Waals surface area contributed by atoms with Crippen LogP contribution >= 0.6 is 67.8 Å². The lowest BCUT2D eigenvalue weighted by Gasteiger charge is -2.18. The van der Waals surface area contributed by atoms with Crippen LogP contribution in [-0.2, 0) is 19.2 Å². The quantitative estimate of drug-likeness (QED) is 0.221. The summed E-state index contributed by atoms with van der Waals surface area (Å²) in [7, 11) is 0. The van der Waals surface area contributed by atoms with E-state index in [4.69, 9.17) is 9.57 Å². The van der Waals surface area contributed by atoms with Gasteiger partial charge in [0.15, 0.2) is 5.75 Å². The van der Waals surface area contributed by atoms with Gasteiger partial charge in [0.05, 0.1) is 22.0 Å². The third kappa shape index (κ3) is 5.40. The van der Waals surface area contributed by atoms with E-state index in [0.29, 0.717) is 16.4 Å². The fourth-order valence-electron chi connectivity index (χ4n) is 1.51. The van der Waals surface area contributed by atoms with E-state index >= 15 is 0 Å². The first-order valence-electron chi connectivity index (χ1n) is 6.20. The van der Waals surface area contributed by atoms with E-state index in [1.807, 2.05) is 73.3 Å². The predicted molar refractivity (Wildman–Crippen MR) is 109 cm³/mol. The Balaban J connectivity index is 3.55. The predicted octanol–water partition coefficient (Wildman–Crippen LogP) is 2.59. The summed E-state index contributed by atoms with van der Waals surface area (Å²) in [5.41, 5.74) is 2.32. The number of carbonyl (C=O) groups excluding carboxylic acids is 4. The van der Waals surface area contributed by atoms with Crippen molar-refractivity contribution in [1.82, 2.24) is 5.48 Å². The van der Waals surface area contributed by atoms with E-state index in [0.717, 1.165) is 0 Å². The average molecular weight is 672 g/mol. The fourth-order valence-corrected chi connectivity index (χ4v) is 5.61. The molecule has 2 N–H and O–H groups in total. The Morgan fingerprint density at radius 1 is 0.875 bits per heavy atom. The normalized spacial score (nSPS) is 9.92. The molecule has 0 aliphatic heterocycles. The average Bonchev–Trinajstić information content (AvgIpc) is 2.45. The second kappa shape index (κ2) is 9.12. The summed E-state index contributed by atoms with van der Waals surface area (Å²) in [4.78, 5) is 50.7. The Labute approximate surface area is 178 Å². The summed E-state index contributed by atoms with van der Waals surface area (Å²) in [6.45, 7) is 3.71. The largest absolute Gasteiger partial charge is 0.424 e. The second-order valence-electron chi connectivity index (χ2n) is 4.34. The Kier molecular flexibility index (Phi) is 8.10. The second-order valence-corrected chi connectivity index (χ2v) is 7.58. The van der Waals surface area contributed by atoms with Gasteiger partial charge in [-0.3, -0.25) is 14.4 Å². The Morgan fingerprint density at radius 2 is 1.46 bits per heavy atom. The van der Waals surface area contributed by atoms with Crippen molar-refractivity contribution in [2.45, 2.75) is 20.8 Å². The molecule has 0 bridgehead atoms. The van der Waals surface area contributed by atoms with Gasteiger partial charge in [0, 0.05) is 20.8 Å². The first-order valence-corrected chi connectivity index (χ1v) is 9.44. The molecule has 24 heavy (non-hydrogen) atoms. The minimum Gasteiger partial charge on any atom is -0.424 e. The smallest absolute Gasteiger partial charge is 0.365 e. The minimum atomic E-state index is -0.851. The summed E-state index contributed by atoms with van der Waals surface area (Å²) >= 11 is 5.61. The highest BCUT2D eigenvalue weighted by molar-refractivity contribution is 14.1. The molecular formula is C13H11I3N2O6. The van der Waals surface area contributed by atoms with Crippen LogP contribution in [0.25, 0.3) is 0 Å². The van der Waals surface area contributed by atoms with Crippen LogP contribution in [0.2, 0.25) is 0 Å². The van der Waals surface area contributed by atoms with E-state index < -0.39 is 17.8 Å². The number of esters is 1. The minimum absolute atomic E-state index is 0.0605. The maximum absolute atomic E-state index is 12.3. The van der Waals surface area contributed by atoms with Gasteiger partial charge in [0.1, 0.15) is 0 Å². The molecule has 0 saturated heterocycles. The van der Waals surface area contributed by atoms with Crippen LogP contribution in [-0.4, -0.2) is 23.8 Å². The Morgan fingerprint density at radius 3 is 1.92 bits per heavy atom. The van der Waals surface area contributed by atoms with Crippen LogP contribution in [0.3, 0.4) is 0 Å². The SMILES string of the molecule is CC(=O)NOC(=O)c1c(I)c(NC(C)=O)c(I)c(OC(C)=O)c1I. The van der Waals surface area contributed by atoms with Gasteiger partial charge in [0.2, 0.25) is 11.8 Å². The van der Waals surface area contributed by atoms with Gasteiger partial charge in [-0.2, -0.15) is 5.48 Å². The number of carbonyl (C=O) groups is 4. The van der Waals surface area contributed by atoms with E-state index in [9.17, 15) is 19.2 Å². The molecule has 1 aromatic carbocycles. The van der Waals surface area contributed by atoms with Crippen molar-refractivity contribution < 1.29 is 28.8 Å². The molecule has 0 atom stereocenters. The molecule has 130 valence electrons. The number of halogens is 3. The number of benzene rings is 1. The molecule has 0 saturated carbocycles. The van der Waals surface area contributed by atoms with Gasteiger partial charge in [-0.05, 0) is 67.8 Å². The fraction of sp³-hybridized carbons (Fsp3) is 0.231. The molecule has 1 rings (SSSR count). The Bertz CT molecular complexity index is 692. The molecule has 0 radical (unpaired) electrons. The van der Waals surface area contributed by atoms with Gasteiger partial charge < -0.3 is 14.9 Å². The van der Waals surface area contributed by atoms with Gasteiger partial charge in [-0.1, -0.05) is 0 Å². The first-order chi connectivity index (χ1) is 11.1. The zero-order valence-electron chi connectivity index (χ0n) is 12.6. The molecule has 11 heteroatoms. The lowest BCUT2D eigenvalue weighted by atomic mass is 10.2. The zero-order chi connectivity index (χ0) is 18.6. The van der Waals surface area contributed by atoms with Crippen molar-refractivity contribution in [1.29, 1.82) is 0 Å². The number of hydroxylamine groups is 1. The zero-order valence-corrected chi connectivity index (χ0v) is 19.1. The molecule has 0 heterocycles. The molecule has 0 aliphatic carbocycles. The van der Waals surface area contributed by atoms with Crippen molar-refractivity contribution in [3.05, 3.63) is 16.3 Å². The molecule has 2 amide bonds. The molecule has 1 aromatic rings. The van der Waals surface area contributed by atoms with Gasteiger partial charge in [0.25, 0.3) is 0 Å². The monoisotopic (exact) mass is 672 g/mol. The van der Waals surface area contributed by atoms with Crippen LogP contribution < -0.4 is 15.5 Å². The first kappa shape index (κ1) is 21.3. The van der Waals surface area contributed by atoms with Gasteiger partial charge in [-0.15, -0.1) is 0 Å². The van der Waals surface area contributed by atoms with Crippen LogP contribution in [0.4, 0.5) is 5.69 Å². The standard InChI is InChI=1S/C13H11I3N2O6/c1-4(19)17-11-8(14)7(13(22)24-18-5(2)20)9(15)12(10(11)16)23-6(3)21/h1-3H3,(H,17,19)(H,18,20). The van der Waals surface area contributed by atoms with Crippen LogP contribution in [0.15, 0.2) is 0 Å². The third-order valence-corrected chi connectivity index (χ3v) is 5.45. The molecule has 0 spiro atoms. The molecular weight excluding hydrogens is 661 g/mol. The number of anilines is 1. The summed E-state index contributed by atoms with van der Waals surface area (Å²) in [6, 6.07) is 0. The lowest BCUT2D eigenvalue weighted by Crippen LogP contribution is -2.26. The molecule has 0 aromatic heterocycles. The molecule has 8 nitrogen and oxygen atoms in total. The number of ether oxygens (including phenoxy) is 1. The number of nitrogens with one attached hydrogen (secondary N) is 2.